The van der Waals surface area contributed by atoms with Crippen LogP contribution in [0.15, 0.2) is 55.1 Å². The van der Waals surface area contributed by atoms with Crippen LogP contribution in [0.5, 0.6) is 0 Å². The summed E-state index contributed by atoms with van der Waals surface area (Å²) in [6, 6.07) is 10.6. The van der Waals surface area contributed by atoms with E-state index in [1.165, 1.54) is 0 Å². The van der Waals surface area contributed by atoms with Crippen molar-refractivity contribution in [2.24, 2.45) is 0 Å². The number of rotatable bonds is 3. The number of carbonyl (C=O) groups is 1. The number of aryl methyl sites for hydroxylation is 2. The van der Waals surface area contributed by atoms with Crippen molar-refractivity contribution in [2.75, 3.05) is 5.32 Å². The Morgan fingerprint density at radius 2 is 1.75 bits per heavy atom. The van der Waals surface area contributed by atoms with Crippen molar-refractivity contribution >= 4 is 45.7 Å². The summed E-state index contributed by atoms with van der Waals surface area (Å²) >= 11 is 12.3. The Kier molecular flexibility index (Phi) is 4.79. The van der Waals surface area contributed by atoms with Crippen molar-refractivity contribution in [3.05, 3.63) is 82.0 Å². The molecule has 2 heterocycles. The second-order valence-electron chi connectivity index (χ2n) is 6.46. The molecule has 0 atom stereocenters. The molecule has 0 fully saturated rings. The van der Waals surface area contributed by atoms with Crippen LogP contribution >= 0.6 is 23.2 Å². The van der Waals surface area contributed by atoms with E-state index in [2.05, 4.69) is 15.3 Å². The highest BCUT2D eigenvalue weighted by molar-refractivity contribution is 6.40. The fourth-order valence-corrected chi connectivity index (χ4v) is 3.76. The van der Waals surface area contributed by atoms with E-state index in [0.29, 0.717) is 21.2 Å². The number of hydrogen-bond acceptors (Lipinski definition) is 3. The third kappa shape index (κ3) is 3.23. The van der Waals surface area contributed by atoms with Crippen LogP contribution in [0.1, 0.15) is 21.6 Å². The van der Waals surface area contributed by atoms with E-state index in [4.69, 9.17) is 23.2 Å². The van der Waals surface area contributed by atoms with Crippen LogP contribution < -0.4 is 5.32 Å². The predicted octanol–water partition coefficient (Wildman–Crippen LogP) is 5.60. The van der Waals surface area contributed by atoms with Gasteiger partial charge in [0.2, 0.25) is 0 Å². The Bertz CT molecular complexity index is 1200. The zero-order valence-corrected chi connectivity index (χ0v) is 16.7. The number of halogens is 2. The lowest BCUT2D eigenvalue weighted by atomic mass is 10.1. The number of para-hydroxylation sites is 1. The summed E-state index contributed by atoms with van der Waals surface area (Å²) in [4.78, 5) is 21.7. The number of imidazole rings is 1. The van der Waals surface area contributed by atoms with Crippen LogP contribution in [-0.2, 0) is 0 Å². The van der Waals surface area contributed by atoms with E-state index in [0.717, 1.165) is 22.3 Å². The van der Waals surface area contributed by atoms with Gasteiger partial charge in [-0.1, -0.05) is 41.4 Å². The minimum atomic E-state index is -0.384. The van der Waals surface area contributed by atoms with E-state index < -0.39 is 0 Å². The molecule has 28 heavy (non-hydrogen) atoms. The lowest BCUT2D eigenvalue weighted by molar-refractivity contribution is 0.102. The molecule has 0 bridgehead atoms. The highest BCUT2D eigenvalue weighted by Crippen LogP contribution is 2.31. The number of nitrogens with one attached hydrogen (secondary N) is 1. The molecule has 0 saturated heterocycles. The molecule has 2 aromatic carbocycles. The van der Waals surface area contributed by atoms with Gasteiger partial charge in [-0.15, -0.1) is 0 Å². The monoisotopic (exact) mass is 410 g/mol. The summed E-state index contributed by atoms with van der Waals surface area (Å²) in [5, 5.41) is 4.38. The summed E-state index contributed by atoms with van der Waals surface area (Å²) in [5.41, 5.74) is 4.38. The highest BCUT2D eigenvalue weighted by atomic mass is 35.5. The zero-order chi connectivity index (χ0) is 19.8. The van der Waals surface area contributed by atoms with Gasteiger partial charge < -0.3 is 9.88 Å². The van der Waals surface area contributed by atoms with Crippen molar-refractivity contribution in [3.63, 3.8) is 0 Å². The largest absolute Gasteiger partial charge is 0.320 e. The summed E-state index contributed by atoms with van der Waals surface area (Å²) in [6.07, 6.45) is 5.51. The average Bonchev–Trinajstić information content (AvgIpc) is 3.07. The second kappa shape index (κ2) is 7.26. The second-order valence-corrected chi connectivity index (χ2v) is 7.28. The summed E-state index contributed by atoms with van der Waals surface area (Å²) in [5.74, 6) is -0.384. The fourth-order valence-electron chi connectivity index (χ4n) is 3.20. The number of benzene rings is 2. The normalized spacial score (nSPS) is 11.0. The van der Waals surface area contributed by atoms with Gasteiger partial charge >= 0.3 is 0 Å². The number of anilines is 1. The highest BCUT2D eigenvalue weighted by Gasteiger charge is 2.17. The first-order valence-electron chi connectivity index (χ1n) is 8.60. The minimum Gasteiger partial charge on any atom is -0.320 e. The minimum absolute atomic E-state index is 0.236. The summed E-state index contributed by atoms with van der Waals surface area (Å²) < 4.78 is 1.96. The van der Waals surface area contributed by atoms with Crippen molar-refractivity contribution in [1.82, 2.24) is 14.5 Å². The number of pyridine rings is 1. The van der Waals surface area contributed by atoms with Gasteiger partial charge in [-0.3, -0.25) is 9.78 Å². The van der Waals surface area contributed by atoms with E-state index >= 15 is 0 Å². The maximum atomic E-state index is 12.8. The van der Waals surface area contributed by atoms with Crippen LogP contribution in [0.3, 0.4) is 0 Å². The van der Waals surface area contributed by atoms with Crippen molar-refractivity contribution in [2.45, 2.75) is 13.8 Å². The van der Waals surface area contributed by atoms with Crippen molar-refractivity contribution in [1.29, 1.82) is 0 Å². The van der Waals surface area contributed by atoms with E-state index in [-0.39, 0.29) is 11.5 Å². The molecule has 7 heteroatoms. The predicted molar refractivity (Wildman–Crippen MR) is 113 cm³/mol. The van der Waals surface area contributed by atoms with Crippen LogP contribution in [0, 0.1) is 13.8 Å². The van der Waals surface area contributed by atoms with Gasteiger partial charge in [0.25, 0.3) is 5.91 Å². The molecule has 0 radical (unpaired) electrons. The molecule has 0 spiro atoms. The Morgan fingerprint density at radius 3 is 2.43 bits per heavy atom. The molecule has 0 saturated carbocycles. The number of carbonyl (C=O) groups excluding carboxylic acids is 1. The standard InChI is InChI=1S/C21H16Cl2N4O/c1-12-9-24-19-14(20(12)27-10-13(2)25-11-27)5-3-8-17(19)26-21(28)18-15(22)6-4-7-16(18)23/h3-11H,1-2H3,(H,26,28). The SMILES string of the molecule is Cc1cn(-c2c(C)cnc3c(NC(=O)c4c(Cl)cccc4Cl)cccc23)cn1. The maximum absolute atomic E-state index is 12.8. The lowest BCUT2D eigenvalue weighted by Gasteiger charge is -2.14. The molecule has 0 unspecified atom stereocenters. The van der Waals surface area contributed by atoms with Crippen LogP contribution in [0.25, 0.3) is 16.6 Å². The molecule has 4 aromatic rings. The Morgan fingerprint density at radius 1 is 1.04 bits per heavy atom. The first kappa shape index (κ1) is 18.5. The van der Waals surface area contributed by atoms with Crippen LogP contribution in [0.2, 0.25) is 10.0 Å². The Labute approximate surface area is 171 Å². The summed E-state index contributed by atoms with van der Waals surface area (Å²) in [7, 11) is 0. The topological polar surface area (TPSA) is 59.8 Å². The smallest absolute Gasteiger partial charge is 0.258 e. The molecule has 2 aromatic heterocycles. The zero-order valence-electron chi connectivity index (χ0n) is 15.2. The molecule has 5 nitrogen and oxygen atoms in total. The van der Waals surface area contributed by atoms with Gasteiger partial charge in [0.15, 0.2) is 0 Å². The molecule has 1 amide bonds. The number of fused-ring (bicyclic) bond motifs is 1. The maximum Gasteiger partial charge on any atom is 0.258 e. The first-order chi connectivity index (χ1) is 13.5. The van der Waals surface area contributed by atoms with Gasteiger partial charge in [-0.05, 0) is 37.6 Å². The molecule has 4 rings (SSSR count). The van der Waals surface area contributed by atoms with E-state index in [9.17, 15) is 4.79 Å². The molecular formula is C21H16Cl2N4O. The molecule has 1 N–H and O–H groups in total. The van der Waals surface area contributed by atoms with Gasteiger partial charge in [0.1, 0.15) is 0 Å². The molecule has 0 aliphatic rings. The number of hydrogen-bond donors (Lipinski definition) is 1. The van der Waals surface area contributed by atoms with Crippen molar-refractivity contribution in [3.8, 4) is 5.69 Å². The van der Waals surface area contributed by atoms with Crippen molar-refractivity contribution < 1.29 is 4.79 Å². The number of nitrogens with zero attached hydrogens (tertiary/aromatic N) is 3. The van der Waals surface area contributed by atoms with Crippen LogP contribution in [-0.4, -0.2) is 20.4 Å². The van der Waals surface area contributed by atoms with E-state index in [1.807, 2.05) is 36.7 Å². The van der Waals surface area contributed by atoms with Gasteiger partial charge in [-0.2, -0.15) is 0 Å². The first-order valence-corrected chi connectivity index (χ1v) is 9.36. The molecule has 0 aliphatic heterocycles. The third-order valence-electron chi connectivity index (χ3n) is 4.46. The quantitative estimate of drug-likeness (QED) is 0.478. The average molecular weight is 411 g/mol. The molecular weight excluding hydrogens is 395 g/mol. The third-order valence-corrected chi connectivity index (χ3v) is 5.09. The van der Waals surface area contributed by atoms with Gasteiger partial charge in [0, 0.05) is 17.8 Å². The number of aromatic nitrogens is 3. The van der Waals surface area contributed by atoms with E-state index in [1.54, 1.807) is 36.8 Å². The summed E-state index contributed by atoms with van der Waals surface area (Å²) in [6.45, 7) is 3.93. The Hall–Kier alpha value is -2.89. The molecule has 140 valence electrons. The fraction of sp³-hybridized carbons (Fsp3) is 0.0952. The van der Waals surface area contributed by atoms with Gasteiger partial charge in [0.05, 0.1) is 44.5 Å². The number of amides is 1. The van der Waals surface area contributed by atoms with Gasteiger partial charge in [-0.25, -0.2) is 4.98 Å². The Balaban J connectivity index is 1.82. The van der Waals surface area contributed by atoms with Crippen LogP contribution in [0.4, 0.5) is 5.69 Å². The molecule has 0 aliphatic carbocycles. The lowest BCUT2D eigenvalue weighted by Crippen LogP contribution is -2.14.